The van der Waals surface area contributed by atoms with E-state index in [0.29, 0.717) is 13.0 Å². The minimum absolute atomic E-state index is 0.171. The van der Waals surface area contributed by atoms with Crippen LogP contribution < -0.4 is 0 Å². The summed E-state index contributed by atoms with van der Waals surface area (Å²) in [5, 5.41) is 3.76. The van der Waals surface area contributed by atoms with Gasteiger partial charge >= 0.3 is 0 Å². The molecular formula is C8H9BrN2O2. The molecule has 0 spiro atoms. The molecule has 1 saturated heterocycles. The van der Waals surface area contributed by atoms with Crippen molar-refractivity contribution in [2.45, 2.75) is 17.8 Å². The molecule has 70 valence electrons. The van der Waals surface area contributed by atoms with E-state index in [4.69, 9.17) is 0 Å². The molecule has 4 nitrogen and oxygen atoms in total. The van der Waals surface area contributed by atoms with Crippen LogP contribution in [0.3, 0.4) is 0 Å². The van der Waals surface area contributed by atoms with Gasteiger partial charge in [0.1, 0.15) is 12.0 Å². The smallest absolute Gasteiger partial charge is 0.224 e. The Morgan fingerprint density at radius 2 is 2.62 bits per heavy atom. The molecule has 0 N–H and O–H groups in total. The molecule has 2 rings (SSSR count). The Balaban J connectivity index is 1.99. The number of hydrogen-bond acceptors (Lipinski definition) is 3. The summed E-state index contributed by atoms with van der Waals surface area (Å²) < 4.78 is 4.69. The molecule has 0 aliphatic carbocycles. The summed E-state index contributed by atoms with van der Waals surface area (Å²) >= 11 is 3.42. The molecule has 1 amide bonds. The highest BCUT2D eigenvalue weighted by Crippen LogP contribution is 2.19. The lowest BCUT2D eigenvalue weighted by atomic mass is 10.4. The number of aromatic nitrogens is 1. The summed E-state index contributed by atoms with van der Waals surface area (Å²) in [4.78, 5) is 13.4. The number of halogens is 1. The minimum Gasteiger partial charge on any atom is -0.364 e. The van der Waals surface area contributed by atoms with Crippen LogP contribution in [0.2, 0.25) is 0 Å². The topological polar surface area (TPSA) is 46.3 Å². The normalized spacial score (nSPS) is 22.7. The second kappa shape index (κ2) is 3.49. The van der Waals surface area contributed by atoms with E-state index in [0.717, 1.165) is 12.2 Å². The largest absolute Gasteiger partial charge is 0.364 e. The van der Waals surface area contributed by atoms with E-state index in [1.54, 1.807) is 11.0 Å². The van der Waals surface area contributed by atoms with Gasteiger partial charge in [-0.05, 0) is 0 Å². The number of amides is 1. The van der Waals surface area contributed by atoms with Crippen molar-refractivity contribution in [2.24, 2.45) is 0 Å². The van der Waals surface area contributed by atoms with Crippen molar-refractivity contribution in [3.8, 4) is 0 Å². The molecule has 0 saturated carbocycles. The average molecular weight is 245 g/mol. The van der Waals surface area contributed by atoms with E-state index < -0.39 is 0 Å². The summed E-state index contributed by atoms with van der Waals surface area (Å²) in [6.07, 6.45) is 2.10. The van der Waals surface area contributed by atoms with Gasteiger partial charge in [0.05, 0.1) is 6.54 Å². The molecule has 1 aliphatic heterocycles. The fraction of sp³-hybridized carbons (Fsp3) is 0.500. The van der Waals surface area contributed by atoms with E-state index in [1.807, 2.05) is 0 Å². The number of carbonyl (C=O) groups is 1. The summed E-state index contributed by atoms with van der Waals surface area (Å²) in [5.41, 5.74) is 0.801. The second-order valence-corrected chi connectivity index (χ2v) is 4.36. The Labute approximate surface area is 84.0 Å². The van der Waals surface area contributed by atoms with Crippen molar-refractivity contribution in [1.82, 2.24) is 10.1 Å². The number of carbonyl (C=O) groups excluding carboxylic acids is 1. The van der Waals surface area contributed by atoms with Gasteiger partial charge < -0.3 is 9.42 Å². The van der Waals surface area contributed by atoms with Gasteiger partial charge in [0.25, 0.3) is 0 Å². The van der Waals surface area contributed by atoms with Crippen LogP contribution in [0.1, 0.15) is 12.1 Å². The van der Waals surface area contributed by atoms with Crippen molar-refractivity contribution in [2.75, 3.05) is 6.54 Å². The maximum absolute atomic E-state index is 11.3. The van der Waals surface area contributed by atoms with Crippen LogP contribution >= 0.6 is 15.9 Å². The van der Waals surface area contributed by atoms with Crippen LogP contribution in [0.15, 0.2) is 16.9 Å². The third-order valence-electron chi connectivity index (χ3n) is 2.01. The molecule has 0 radical (unpaired) electrons. The van der Waals surface area contributed by atoms with Gasteiger partial charge in [0.15, 0.2) is 0 Å². The van der Waals surface area contributed by atoms with Gasteiger partial charge in [-0.3, -0.25) is 4.79 Å². The summed E-state index contributed by atoms with van der Waals surface area (Å²) in [6, 6.07) is 1.77. The molecule has 2 heterocycles. The van der Waals surface area contributed by atoms with Gasteiger partial charge in [-0.25, -0.2) is 0 Å². The Morgan fingerprint density at radius 3 is 3.15 bits per heavy atom. The lowest BCUT2D eigenvalue weighted by Crippen LogP contribution is -2.24. The zero-order valence-electron chi connectivity index (χ0n) is 6.94. The van der Waals surface area contributed by atoms with Gasteiger partial charge in [0, 0.05) is 23.9 Å². The molecule has 1 fully saturated rings. The lowest BCUT2D eigenvalue weighted by Gasteiger charge is -2.12. The van der Waals surface area contributed by atoms with Crippen LogP contribution in [0, 0.1) is 0 Å². The van der Waals surface area contributed by atoms with Crippen LogP contribution in [0.5, 0.6) is 0 Å². The third kappa shape index (κ3) is 1.91. The van der Waals surface area contributed by atoms with E-state index in [9.17, 15) is 4.79 Å². The fourth-order valence-electron chi connectivity index (χ4n) is 1.39. The van der Waals surface area contributed by atoms with Crippen LogP contribution in [0.25, 0.3) is 0 Å². The molecule has 1 unspecified atom stereocenters. The van der Waals surface area contributed by atoms with Crippen LogP contribution in [-0.4, -0.2) is 27.3 Å². The minimum atomic E-state index is 0.171. The zero-order chi connectivity index (χ0) is 9.26. The van der Waals surface area contributed by atoms with Crippen molar-refractivity contribution in [3.63, 3.8) is 0 Å². The third-order valence-corrected chi connectivity index (χ3v) is 2.62. The lowest BCUT2D eigenvalue weighted by molar-refractivity contribution is -0.128. The van der Waals surface area contributed by atoms with Crippen LogP contribution in [-0.2, 0) is 11.3 Å². The predicted molar refractivity (Wildman–Crippen MR) is 49.3 cm³/mol. The molecule has 1 aliphatic rings. The maximum Gasteiger partial charge on any atom is 0.224 e. The quantitative estimate of drug-likeness (QED) is 0.735. The average Bonchev–Trinajstić information content (AvgIpc) is 2.63. The van der Waals surface area contributed by atoms with E-state index in [1.165, 1.54) is 6.26 Å². The van der Waals surface area contributed by atoms with Crippen molar-refractivity contribution in [3.05, 3.63) is 18.0 Å². The number of alkyl halides is 1. The van der Waals surface area contributed by atoms with Gasteiger partial charge in [-0.15, -0.1) is 0 Å². The Kier molecular flexibility index (Phi) is 2.35. The SMILES string of the molecule is O=C1CC(Br)CN1Cc1ccon1. The molecular weight excluding hydrogens is 236 g/mol. The zero-order valence-corrected chi connectivity index (χ0v) is 8.53. The summed E-state index contributed by atoms with van der Waals surface area (Å²) in [6.45, 7) is 1.31. The molecule has 0 bridgehead atoms. The number of nitrogens with zero attached hydrogens (tertiary/aromatic N) is 2. The van der Waals surface area contributed by atoms with Gasteiger partial charge in [-0.1, -0.05) is 21.1 Å². The monoisotopic (exact) mass is 244 g/mol. The molecule has 1 aromatic heterocycles. The highest BCUT2D eigenvalue weighted by Gasteiger charge is 2.27. The maximum atomic E-state index is 11.3. The first kappa shape index (κ1) is 8.74. The first-order valence-corrected chi connectivity index (χ1v) is 4.98. The Morgan fingerprint density at radius 1 is 1.77 bits per heavy atom. The fourth-order valence-corrected chi connectivity index (χ4v) is 2.02. The van der Waals surface area contributed by atoms with Crippen molar-refractivity contribution in [1.29, 1.82) is 0 Å². The Bertz CT molecular complexity index is 299. The van der Waals surface area contributed by atoms with E-state index >= 15 is 0 Å². The number of rotatable bonds is 2. The molecule has 5 heteroatoms. The molecule has 1 aromatic rings. The van der Waals surface area contributed by atoms with Gasteiger partial charge in [-0.2, -0.15) is 0 Å². The highest BCUT2D eigenvalue weighted by molar-refractivity contribution is 9.09. The summed E-state index contributed by atoms with van der Waals surface area (Å²) in [7, 11) is 0. The second-order valence-electron chi connectivity index (χ2n) is 3.07. The molecule has 13 heavy (non-hydrogen) atoms. The standard InChI is InChI=1S/C8H9BrN2O2/c9-6-3-8(12)11(4-6)5-7-1-2-13-10-7/h1-2,6H,3-5H2. The summed E-state index contributed by atoms with van der Waals surface area (Å²) in [5.74, 6) is 0.171. The molecule has 0 aromatic carbocycles. The van der Waals surface area contributed by atoms with Crippen LogP contribution in [0.4, 0.5) is 0 Å². The van der Waals surface area contributed by atoms with Crippen molar-refractivity contribution < 1.29 is 9.32 Å². The van der Waals surface area contributed by atoms with E-state index in [2.05, 4.69) is 25.6 Å². The highest BCUT2D eigenvalue weighted by atomic mass is 79.9. The first-order valence-electron chi connectivity index (χ1n) is 4.07. The van der Waals surface area contributed by atoms with E-state index in [-0.39, 0.29) is 10.7 Å². The Hall–Kier alpha value is -0.840. The molecule has 1 atom stereocenters. The first-order chi connectivity index (χ1) is 6.25. The number of hydrogen-bond donors (Lipinski definition) is 0. The van der Waals surface area contributed by atoms with Crippen molar-refractivity contribution >= 4 is 21.8 Å². The predicted octanol–water partition coefficient (Wildman–Crippen LogP) is 1.17. The number of likely N-dealkylation sites (tertiary alicyclic amines) is 1. The van der Waals surface area contributed by atoms with Gasteiger partial charge in [0.2, 0.25) is 5.91 Å².